The summed E-state index contributed by atoms with van der Waals surface area (Å²) in [7, 11) is 0. The van der Waals surface area contributed by atoms with Crippen LogP contribution < -0.4 is 0 Å². The first-order valence-corrected chi connectivity index (χ1v) is 11.0. The molecule has 2 fully saturated rings. The molecule has 0 spiro atoms. The monoisotopic (exact) mass is 418 g/mol. The maximum Gasteiger partial charge on any atom is 0.104 e. The van der Waals surface area contributed by atoms with E-state index in [2.05, 4.69) is 72.8 Å². The average Bonchev–Trinajstić information content (AvgIpc) is 3.74. The van der Waals surface area contributed by atoms with Gasteiger partial charge < -0.3 is 19.3 Å². The van der Waals surface area contributed by atoms with Gasteiger partial charge in [-0.2, -0.15) is 0 Å². The lowest BCUT2D eigenvalue weighted by Gasteiger charge is -2.08. The summed E-state index contributed by atoms with van der Waals surface area (Å²) >= 11 is 0. The Labute approximate surface area is 184 Å². The number of benzene rings is 3. The number of aliphatic hydroxyl groups excluding tert-OH is 1. The van der Waals surface area contributed by atoms with E-state index in [0.29, 0.717) is 12.2 Å². The van der Waals surface area contributed by atoms with Gasteiger partial charge in [0.05, 0.1) is 26.4 Å². The fourth-order valence-corrected chi connectivity index (χ4v) is 3.70. The molecule has 0 saturated carbocycles. The van der Waals surface area contributed by atoms with Crippen LogP contribution in [0.1, 0.15) is 18.1 Å². The normalized spacial score (nSPS) is 19.2. The Kier molecular flexibility index (Phi) is 7.49. The van der Waals surface area contributed by atoms with Crippen molar-refractivity contribution in [2.75, 3.05) is 33.0 Å². The van der Waals surface area contributed by atoms with Gasteiger partial charge in [-0.25, -0.2) is 0 Å². The SMILES string of the molecule is C(OCC1CO1)C1CO1.CCO.c1ccc(-c2cccc3c2Cc2ccccc2-3)cc1. The van der Waals surface area contributed by atoms with Crippen LogP contribution >= 0.6 is 0 Å². The van der Waals surface area contributed by atoms with E-state index in [4.69, 9.17) is 19.3 Å². The van der Waals surface area contributed by atoms with Crippen molar-refractivity contribution in [1.82, 2.24) is 0 Å². The molecule has 3 aliphatic rings. The Balaban J connectivity index is 0.000000160. The highest BCUT2D eigenvalue weighted by Gasteiger charge is 2.26. The van der Waals surface area contributed by atoms with Crippen molar-refractivity contribution < 1.29 is 19.3 Å². The molecular formula is C27H30O4. The number of rotatable bonds is 5. The van der Waals surface area contributed by atoms with Crippen LogP contribution in [-0.4, -0.2) is 50.3 Å². The summed E-state index contributed by atoms with van der Waals surface area (Å²) in [5.74, 6) is 0. The first kappa shape index (κ1) is 21.7. The molecule has 3 aromatic carbocycles. The van der Waals surface area contributed by atoms with Crippen LogP contribution in [0.2, 0.25) is 0 Å². The third-order valence-corrected chi connectivity index (χ3v) is 5.35. The molecular weight excluding hydrogens is 388 g/mol. The van der Waals surface area contributed by atoms with E-state index >= 15 is 0 Å². The summed E-state index contributed by atoms with van der Waals surface area (Å²) in [6.45, 7) is 5.19. The molecule has 1 aliphatic carbocycles. The lowest BCUT2D eigenvalue weighted by molar-refractivity contribution is 0.102. The zero-order valence-electron chi connectivity index (χ0n) is 18.0. The van der Waals surface area contributed by atoms with Crippen LogP contribution in [-0.2, 0) is 20.6 Å². The van der Waals surface area contributed by atoms with Crippen molar-refractivity contribution in [3.63, 3.8) is 0 Å². The molecule has 4 heteroatoms. The molecule has 2 atom stereocenters. The standard InChI is InChI=1S/C19H14.C6H10O3.C2H6O/c1-2-7-14(8-3-1)16-11-6-12-18-17-10-5-4-9-15(17)13-19(16)18;1(5-3-8-5)7-2-6-4-9-6;1-2-3/h1-12H,13H2;5-6H,1-4H2;3H,2H2,1H3. The number of ether oxygens (including phenoxy) is 3. The molecule has 0 bridgehead atoms. The molecule has 0 aromatic heterocycles. The van der Waals surface area contributed by atoms with Crippen LogP contribution in [0.4, 0.5) is 0 Å². The Bertz CT molecular complexity index is 950. The second-order valence-electron chi connectivity index (χ2n) is 7.80. The van der Waals surface area contributed by atoms with Crippen molar-refractivity contribution in [3.05, 3.63) is 83.9 Å². The van der Waals surface area contributed by atoms with Crippen LogP contribution in [0, 0.1) is 0 Å². The first-order chi connectivity index (χ1) is 15.3. The molecule has 3 aromatic rings. The number of epoxide rings is 2. The summed E-state index contributed by atoms with van der Waals surface area (Å²) in [6, 6.07) is 26.1. The van der Waals surface area contributed by atoms with Crippen molar-refractivity contribution in [2.24, 2.45) is 0 Å². The molecule has 2 saturated heterocycles. The van der Waals surface area contributed by atoms with E-state index in [9.17, 15) is 0 Å². The zero-order chi connectivity index (χ0) is 21.5. The highest BCUT2D eigenvalue weighted by molar-refractivity contribution is 5.84. The van der Waals surface area contributed by atoms with Crippen molar-refractivity contribution in [1.29, 1.82) is 0 Å². The summed E-state index contributed by atoms with van der Waals surface area (Å²) in [4.78, 5) is 0. The fraction of sp³-hybridized carbons (Fsp3) is 0.333. The van der Waals surface area contributed by atoms with Gasteiger partial charge in [0.15, 0.2) is 0 Å². The lowest BCUT2D eigenvalue weighted by Crippen LogP contribution is -2.06. The molecule has 2 aliphatic heterocycles. The first-order valence-electron chi connectivity index (χ1n) is 11.0. The second-order valence-corrected chi connectivity index (χ2v) is 7.80. The number of hydrogen-bond acceptors (Lipinski definition) is 4. The predicted octanol–water partition coefficient (Wildman–Crippen LogP) is 4.72. The third-order valence-electron chi connectivity index (χ3n) is 5.35. The van der Waals surface area contributed by atoms with Crippen LogP contribution in [0.3, 0.4) is 0 Å². The zero-order valence-corrected chi connectivity index (χ0v) is 18.0. The fourth-order valence-electron chi connectivity index (χ4n) is 3.70. The van der Waals surface area contributed by atoms with E-state index in [1.807, 2.05) is 0 Å². The maximum atomic E-state index is 7.57. The molecule has 162 valence electrons. The van der Waals surface area contributed by atoms with Gasteiger partial charge in [0.2, 0.25) is 0 Å². The number of fused-ring (bicyclic) bond motifs is 3. The molecule has 0 amide bonds. The largest absolute Gasteiger partial charge is 0.397 e. The molecule has 4 nitrogen and oxygen atoms in total. The average molecular weight is 419 g/mol. The number of hydrogen-bond donors (Lipinski definition) is 1. The Morgan fingerprint density at radius 1 is 0.774 bits per heavy atom. The van der Waals surface area contributed by atoms with Gasteiger partial charge in [0.1, 0.15) is 12.2 Å². The molecule has 1 N–H and O–H groups in total. The predicted molar refractivity (Wildman–Crippen MR) is 123 cm³/mol. The quantitative estimate of drug-likeness (QED) is 0.476. The highest BCUT2D eigenvalue weighted by Crippen LogP contribution is 2.41. The highest BCUT2D eigenvalue weighted by atomic mass is 16.6. The topological polar surface area (TPSA) is 54.5 Å². The van der Waals surface area contributed by atoms with Gasteiger partial charge in [0, 0.05) is 6.61 Å². The van der Waals surface area contributed by atoms with Crippen LogP contribution in [0.25, 0.3) is 22.3 Å². The Hall–Kier alpha value is -2.50. The molecule has 6 rings (SSSR count). The molecule has 2 unspecified atom stereocenters. The molecule has 0 radical (unpaired) electrons. The van der Waals surface area contributed by atoms with Crippen molar-refractivity contribution >= 4 is 0 Å². The summed E-state index contributed by atoms with van der Waals surface area (Å²) in [6.07, 6.45) is 1.84. The van der Waals surface area contributed by atoms with E-state index in [-0.39, 0.29) is 6.61 Å². The van der Waals surface area contributed by atoms with Gasteiger partial charge in [0.25, 0.3) is 0 Å². The van der Waals surface area contributed by atoms with E-state index in [0.717, 1.165) is 32.8 Å². The van der Waals surface area contributed by atoms with E-state index in [1.54, 1.807) is 6.92 Å². The third kappa shape index (κ3) is 6.02. The lowest BCUT2D eigenvalue weighted by atomic mass is 9.96. The molecule has 2 heterocycles. The van der Waals surface area contributed by atoms with E-state index in [1.165, 1.54) is 33.4 Å². The Morgan fingerprint density at radius 3 is 1.97 bits per heavy atom. The smallest absolute Gasteiger partial charge is 0.104 e. The molecule has 31 heavy (non-hydrogen) atoms. The number of aliphatic hydroxyl groups is 1. The van der Waals surface area contributed by atoms with Crippen LogP contribution in [0.5, 0.6) is 0 Å². The van der Waals surface area contributed by atoms with Crippen molar-refractivity contribution in [2.45, 2.75) is 25.6 Å². The Morgan fingerprint density at radius 2 is 1.32 bits per heavy atom. The minimum absolute atomic E-state index is 0.250. The van der Waals surface area contributed by atoms with E-state index < -0.39 is 0 Å². The second kappa shape index (κ2) is 10.7. The van der Waals surface area contributed by atoms with Gasteiger partial charge in [-0.15, -0.1) is 0 Å². The summed E-state index contributed by atoms with van der Waals surface area (Å²) in [5.41, 5.74) is 8.39. The minimum Gasteiger partial charge on any atom is -0.397 e. The van der Waals surface area contributed by atoms with Gasteiger partial charge >= 0.3 is 0 Å². The van der Waals surface area contributed by atoms with Crippen molar-refractivity contribution in [3.8, 4) is 22.3 Å². The minimum atomic E-state index is 0.250. The van der Waals surface area contributed by atoms with Gasteiger partial charge in [-0.1, -0.05) is 72.8 Å². The van der Waals surface area contributed by atoms with Gasteiger partial charge in [-0.3, -0.25) is 0 Å². The summed E-state index contributed by atoms with van der Waals surface area (Å²) in [5, 5.41) is 7.57. The maximum absolute atomic E-state index is 7.57. The van der Waals surface area contributed by atoms with Gasteiger partial charge in [-0.05, 0) is 46.7 Å². The summed E-state index contributed by atoms with van der Waals surface area (Å²) < 4.78 is 15.1. The van der Waals surface area contributed by atoms with Crippen LogP contribution in [0.15, 0.2) is 72.8 Å².